The number of nitrogens with zero attached hydrogens (tertiary/aromatic N) is 4. The third-order valence-corrected chi connectivity index (χ3v) is 6.37. The highest BCUT2D eigenvalue weighted by atomic mass is 32.2. The van der Waals surface area contributed by atoms with E-state index in [-0.39, 0.29) is 17.9 Å². The van der Waals surface area contributed by atoms with Crippen LogP contribution in [0.5, 0.6) is 0 Å². The first kappa shape index (κ1) is 20.6. The van der Waals surface area contributed by atoms with Crippen LogP contribution in [0.4, 0.5) is 5.69 Å². The number of thioether (sulfide) groups is 1. The van der Waals surface area contributed by atoms with Crippen LogP contribution < -0.4 is 10.9 Å². The van der Waals surface area contributed by atoms with Crippen LogP contribution in [0, 0.1) is 5.92 Å². The van der Waals surface area contributed by atoms with Crippen LogP contribution in [0.3, 0.4) is 0 Å². The van der Waals surface area contributed by atoms with Gasteiger partial charge in [0.25, 0.3) is 5.56 Å². The largest absolute Gasteiger partial charge is 0.326 e. The zero-order valence-corrected chi connectivity index (χ0v) is 18.7. The van der Waals surface area contributed by atoms with Crippen molar-refractivity contribution in [1.82, 2.24) is 19.2 Å². The molecule has 4 aromatic rings. The molecule has 3 heterocycles. The first-order chi connectivity index (χ1) is 14.5. The summed E-state index contributed by atoms with van der Waals surface area (Å²) in [4.78, 5) is 26.5. The van der Waals surface area contributed by atoms with Crippen molar-refractivity contribution in [3.63, 3.8) is 0 Å². The van der Waals surface area contributed by atoms with Gasteiger partial charge in [-0.1, -0.05) is 19.9 Å². The summed E-state index contributed by atoms with van der Waals surface area (Å²) in [5.74, 6) is 1.43. The number of aryl methyl sites for hydroxylation is 1. The number of hydrogen-bond acceptors (Lipinski definition) is 6. The van der Waals surface area contributed by atoms with Crippen LogP contribution in [-0.4, -0.2) is 31.3 Å². The summed E-state index contributed by atoms with van der Waals surface area (Å²) in [6, 6.07) is 9.67. The first-order valence-corrected chi connectivity index (χ1v) is 11.9. The van der Waals surface area contributed by atoms with Crippen LogP contribution >= 0.6 is 23.1 Å². The van der Waals surface area contributed by atoms with Crippen LogP contribution in [-0.2, 0) is 17.8 Å². The molecule has 4 rings (SSSR count). The Kier molecular flexibility index (Phi) is 5.92. The van der Waals surface area contributed by atoms with Gasteiger partial charge in [-0.25, -0.2) is 0 Å². The van der Waals surface area contributed by atoms with Gasteiger partial charge in [0.2, 0.25) is 11.7 Å². The van der Waals surface area contributed by atoms with Crippen molar-refractivity contribution in [2.75, 3.05) is 11.6 Å². The molecule has 1 aromatic carbocycles. The monoisotopic (exact) mass is 441 g/mol. The number of fused-ring (bicyclic) bond motifs is 3. The van der Waals surface area contributed by atoms with Gasteiger partial charge < -0.3 is 5.32 Å². The van der Waals surface area contributed by atoms with E-state index < -0.39 is 0 Å². The summed E-state index contributed by atoms with van der Waals surface area (Å²) >= 11 is 3.05. The summed E-state index contributed by atoms with van der Waals surface area (Å²) in [6.07, 6.45) is 2.71. The number of carbonyl (C=O) groups is 1. The molecule has 1 N–H and O–H groups in total. The molecule has 9 heteroatoms. The molecule has 30 heavy (non-hydrogen) atoms. The molecule has 3 aromatic heterocycles. The van der Waals surface area contributed by atoms with E-state index in [1.54, 1.807) is 16.3 Å². The fourth-order valence-corrected chi connectivity index (χ4v) is 4.71. The highest BCUT2D eigenvalue weighted by Gasteiger charge is 2.18. The first-order valence-electron chi connectivity index (χ1n) is 9.76. The topological polar surface area (TPSA) is 81.3 Å². The number of nitrogens with one attached hydrogen (secondary N) is 1. The number of thiophene rings is 1. The summed E-state index contributed by atoms with van der Waals surface area (Å²) in [6.45, 7) is 4.70. The Morgan fingerprint density at radius 1 is 1.27 bits per heavy atom. The predicted octanol–water partition coefficient (Wildman–Crippen LogP) is 4.05. The highest BCUT2D eigenvalue weighted by molar-refractivity contribution is 7.98. The summed E-state index contributed by atoms with van der Waals surface area (Å²) < 4.78 is 4.29. The quantitative estimate of drug-likeness (QED) is 0.438. The molecular weight excluding hydrogens is 418 g/mol. The van der Waals surface area contributed by atoms with Gasteiger partial charge in [0.15, 0.2) is 0 Å². The molecule has 1 amide bonds. The van der Waals surface area contributed by atoms with E-state index in [0.29, 0.717) is 35.2 Å². The SMILES string of the molecule is CSc1cccc(NC(=O)CCc2nnc3n(CC(C)C)c(=O)c4sccc4n23)c1. The Labute approximate surface area is 182 Å². The maximum absolute atomic E-state index is 12.9. The van der Waals surface area contributed by atoms with Crippen LogP contribution in [0.2, 0.25) is 0 Å². The Balaban J connectivity index is 1.61. The minimum Gasteiger partial charge on any atom is -0.326 e. The third-order valence-electron chi connectivity index (χ3n) is 4.76. The van der Waals surface area contributed by atoms with Gasteiger partial charge >= 0.3 is 0 Å². The van der Waals surface area contributed by atoms with Crippen molar-refractivity contribution >= 4 is 50.7 Å². The van der Waals surface area contributed by atoms with E-state index in [1.165, 1.54) is 11.3 Å². The smallest absolute Gasteiger partial charge is 0.272 e. The Hall–Kier alpha value is -2.65. The Bertz CT molecular complexity index is 1270. The fourth-order valence-electron chi connectivity index (χ4n) is 3.42. The average Bonchev–Trinajstić information content (AvgIpc) is 3.36. The van der Waals surface area contributed by atoms with Crippen molar-refractivity contribution in [3.8, 4) is 0 Å². The number of carbonyl (C=O) groups excluding carboxylic acids is 1. The van der Waals surface area contributed by atoms with Crippen molar-refractivity contribution in [1.29, 1.82) is 0 Å². The normalized spacial score (nSPS) is 11.6. The Morgan fingerprint density at radius 2 is 2.10 bits per heavy atom. The van der Waals surface area contributed by atoms with Gasteiger partial charge in [-0.15, -0.1) is 33.3 Å². The van der Waals surface area contributed by atoms with Crippen LogP contribution in [0.25, 0.3) is 16.0 Å². The van der Waals surface area contributed by atoms with E-state index in [4.69, 9.17) is 0 Å². The summed E-state index contributed by atoms with van der Waals surface area (Å²) in [5, 5.41) is 13.5. The highest BCUT2D eigenvalue weighted by Crippen LogP contribution is 2.22. The summed E-state index contributed by atoms with van der Waals surface area (Å²) in [7, 11) is 0. The predicted molar refractivity (Wildman–Crippen MR) is 123 cm³/mol. The zero-order valence-electron chi connectivity index (χ0n) is 17.1. The lowest BCUT2D eigenvalue weighted by atomic mass is 10.2. The maximum Gasteiger partial charge on any atom is 0.272 e. The number of benzene rings is 1. The molecule has 0 atom stereocenters. The second-order valence-corrected chi connectivity index (χ2v) is 9.27. The van der Waals surface area contributed by atoms with Crippen molar-refractivity contribution in [3.05, 3.63) is 51.9 Å². The van der Waals surface area contributed by atoms with E-state index >= 15 is 0 Å². The summed E-state index contributed by atoms with van der Waals surface area (Å²) in [5.41, 5.74) is 1.55. The lowest BCUT2D eigenvalue weighted by Gasteiger charge is -2.11. The van der Waals surface area contributed by atoms with Gasteiger partial charge in [0.05, 0.1) is 5.52 Å². The van der Waals surface area contributed by atoms with Crippen LogP contribution in [0.1, 0.15) is 26.1 Å². The number of amides is 1. The molecular formula is C21H23N5O2S2. The molecule has 0 aliphatic rings. The molecule has 0 fully saturated rings. The van der Waals surface area contributed by atoms with E-state index in [2.05, 4.69) is 29.4 Å². The lowest BCUT2D eigenvalue weighted by Crippen LogP contribution is -2.24. The molecule has 0 bridgehead atoms. The zero-order chi connectivity index (χ0) is 21.3. The minimum atomic E-state index is -0.0814. The molecule has 0 saturated heterocycles. The molecule has 7 nitrogen and oxygen atoms in total. The van der Waals surface area contributed by atoms with Gasteiger partial charge in [0.1, 0.15) is 10.5 Å². The average molecular weight is 442 g/mol. The van der Waals surface area contributed by atoms with Gasteiger partial charge in [0, 0.05) is 30.0 Å². The second kappa shape index (κ2) is 8.61. The van der Waals surface area contributed by atoms with Crippen molar-refractivity contribution < 1.29 is 4.79 Å². The van der Waals surface area contributed by atoms with Crippen molar-refractivity contribution in [2.45, 2.75) is 38.1 Å². The van der Waals surface area contributed by atoms with Crippen molar-refractivity contribution in [2.24, 2.45) is 5.92 Å². The maximum atomic E-state index is 12.9. The number of aromatic nitrogens is 4. The second-order valence-electron chi connectivity index (χ2n) is 7.48. The van der Waals surface area contributed by atoms with E-state index in [9.17, 15) is 9.59 Å². The molecule has 0 unspecified atom stereocenters. The molecule has 156 valence electrons. The third kappa shape index (κ3) is 3.99. The molecule has 0 radical (unpaired) electrons. The molecule has 0 saturated carbocycles. The fraction of sp³-hybridized carbons (Fsp3) is 0.333. The van der Waals surface area contributed by atoms with Gasteiger partial charge in [-0.3, -0.25) is 18.6 Å². The molecule has 0 spiro atoms. The van der Waals surface area contributed by atoms with Crippen LogP contribution in [0.15, 0.2) is 45.4 Å². The lowest BCUT2D eigenvalue weighted by molar-refractivity contribution is -0.116. The number of rotatable bonds is 7. The number of anilines is 1. The van der Waals surface area contributed by atoms with E-state index in [1.807, 2.05) is 46.4 Å². The van der Waals surface area contributed by atoms with E-state index in [0.717, 1.165) is 16.1 Å². The molecule has 0 aliphatic heterocycles. The molecule has 0 aliphatic carbocycles. The number of hydrogen-bond donors (Lipinski definition) is 1. The van der Waals surface area contributed by atoms with Gasteiger partial charge in [-0.2, -0.15) is 0 Å². The standard InChI is InChI=1S/C21H23N5O2S2/c1-13(2)12-25-20(28)19-16(9-10-30-19)26-17(23-24-21(25)26)7-8-18(27)22-14-5-4-6-15(11-14)29-3/h4-6,9-11,13H,7-8,12H2,1-3H3,(H,22,27). The minimum absolute atomic E-state index is 0.0356. The van der Waals surface area contributed by atoms with Gasteiger partial charge in [-0.05, 0) is 41.8 Å². The Morgan fingerprint density at radius 3 is 2.87 bits per heavy atom.